The third-order valence-corrected chi connectivity index (χ3v) is 4.05. The number of aromatic hydroxyl groups is 1. The SMILES string of the molecule is COC(=O)c1ccc(CCc2nc(C)c(O)c(C(=O)O)c2C(=O)OC)cc1. The smallest absolute Gasteiger partial charge is 0.340 e. The number of pyridine rings is 1. The van der Waals surface area contributed by atoms with Gasteiger partial charge < -0.3 is 19.7 Å². The Labute approximate surface area is 155 Å². The van der Waals surface area contributed by atoms with Crippen molar-refractivity contribution in [2.75, 3.05) is 14.2 Å². The lowest BCUT2D eigenvalue weighted by molar-refractivity contribution is 0.0577. The number of aromatic nitrogens is 1. The molecular formula is C19H19NO7. The highest BCUT2D eigenvalue weighted by Gasteiger charge is 2.27. The van der Waals surface area contributed by atoms with Gasteiger partial charge in [-0.1, -0.05) is 12.1 Å². The molecule has 8 heteroatoms. The summed E-state index contributed by atoms with van der Waals surface area (Å²) in [5, 5.41) is 19.4. The van der Waals surface area contributed by atoms with Crippen LogP contribution in [-0.4, -0.2) is 47.3 Å². The van der Waals surface area contributed by atoms with E-state index in [2.05, 4.69) is 14.5 Å². The maximum Gasteiger partial charge on any atom is 0.340 e. The van der Waals surface area contributed by atoms with Crippen molar-refractivity contribution < 1.29 is 34.1 Å². The van der Waals surface area contributed by atoms with E-state index in [1.165, 1.54) is 14.0 Å². The number of carbonyl (C=O) groups is 3. The second-order valence-electron chi connectivity index (χ2n) is 5.73. The Hall–Kier alpha value is -3.42. The zero-order chi connectivity index (χ0) is 20.1. The minimum Gasteiger partial charge on any atom is -0.505 e. The predicted molar refractivity (Wildman–Crippen MR) is 94.1 cm³/mol. The number of carboxylic acid groups (broad SMARTS) is 1. The van der Waals surface area contributed by atoms with Crippen LogP contribution in [0.1, 0.15) is 48.0 Å². The van der Waals surface area contributed by atoms with Crippen molar-refractivity contribution >= 4 is 17.9 Å². The third kappa shape index (κ3) is 4.22. The predicted octanol–water partition coefficient (Wildman–Crippen LogP) is 2.15. The molecule has 2 aromatic rings. The van der Waals surface area contributed by atoms with Crippen molar-refractivity contribution in [3.8, 4) is 5.75 Å². The van der Waals surface area contributed by atoms with Crippen LogP contribution >= 0.6 is 0 Å². The van der Waals surface area contributed by atoms with Gasteiger partial charge in [-0.25, -0.2) is 14.4 Å². The number of carbonyl (C=O) groups excluding carboxylic acids is 2. The lowest BCUT2D eigenvalue weighted by Crippen LogP contribution is -2.17. The van der Waals surface area contributed by atoms with Crippen LogP contribution in [0.2, 0.25) is 0 Å². The summed E-state index contributed by atoms with van der Waals surface area (Å²) in [6.07, 6.45) is 0.672. The minimum atomic E-state index is -1.44. The van der Waals surface area contributed by atoms with Gasteiger partial charge in [0.25, 0.3) is 0 Å². The van der Waals surface area contributed by atoms with Crippen molar-refractivity contribution in [1.29, 1.82) is 0 Å². The Morgan fingerprint density at radius 1 is 0.963 bits per heavy atom. The molecule has 0 aliphatic carbocycles. The van der Waals surface area contributed by atoms with Crippen LogP contribution in [0.15, 0.2) is 24.3 Å². The maximum atomic E-state index is 12.1. The van der Waals surface area contributed by atoms with Gasteiger partial charge >= 0.3 is 17.9 Å². The van der Waals surface area contributed by atoms with Gasteiger partial charge in [-0.15, -0.1) is 0 Å². The van der Waals surface area contributed by atoms with Gasteiger partial charge in [-0.05, 0) is 37.5 Å². The first-order valence-electron chi connectivity index (χ1n) is 8.01. The molecule has 1 heterocycles. The number of benzene rings is 1. The summed E-state index contributed by atoms with van der Waals surface area (Å²) in [6, 6.07) is 6.69. The molecule has 2 rings (SSSR count). The summed E-state index contributed by atoms with van der Waals surface area (Å²) in [6.45, 7) is 1.46. The summed E-state index contributed by atoms with van der Waals surface area (Å²) in [4.78, 5) is 39.3. The number of hydrogen-bond donors (Lipinski definition) is 2. The van der Waals surface area contributed by atoms with Gasteiger partial charge in [0.15, 0.2) is 5.75 Å². The first-order chi connectivity index (χ1) is 12.8. The van der Waals surface area contributed by atoms with Crippen molar-refractivity contribution in [2.45, 2.75) is 19.8 Å². The molecule has 1 aromatic carbocycles. The number of aromatic carboxylic acids is 1. The monoisotopic (exact) mass is 373 g/mol. The molecule has 0 saturated carbocycles. The highest BCUT2D eigenvalue weighted by Crippen LogP contribution is 2.28. The van der Waals surface area contributed by atoms with Gasteiger partial charge in [0.05, 0.1) is 36.7 Å². The molecule has 0 bridgehead atoms. The number of nitrogens with zero attached hydrogens (tertiary/aromatic N) is 1. The maximum absolute atomic E-state index is 12.1. The van der Waals surface area contributed by atoms with E-state index in [-0.39, 0.29) is 23.4 Å². The van der Waals surface area contributed by atoms with Gasteiger partial charge in [0.2, 0.25) is 0 Å². The zero-order valence-electron chi connectivity index (χ0n) is 15.1. The van der Waals surface area contributed by atoms with E-state index in [4.69, 9.17) is 0 Å². The normalized spacial score (nSPS) is 10.3. The molecule has 142 valence electrons. The molecule has 8 nitrogen and oxygen atoms in total. The molecule has 0 spiro atoms. The topological polar surface area (TPSA) is 123 Å². The van der Waals surface area contributed by atoms with Gasteiger partial charge in [0, 0.05) is 0 Å². The van der Waals surface area contributed by atoms with Crippen molar-refractivity contribution in [1.82, 2.24) is 4.98 Å². The highest BCUT2D eigenvalue weighted by atomic mass is 16.5. The molecule has 2 N–H and O–H groups in total. The van der Waals surface area contributed by atoms with Crippen LogP contribution in [0.5, 0.6) is 5.75 Å². The Morgan fingerprint density at radius 3 is 2.07 bits per heavy atom. The number of aryl methyl sites for hydroxylation is 3. The summed E-state index contributed by atoms with van der Waals surface area (Å²) in [7, 11) is 2.42. The molecule has 0 atom stereocenters. The molecule has 0 saturated heterocycles. The molecular weight excluding hydrogens is 354 g/mol. The molecule has 27 heavy (non-hydrogen) atoms. The van der Waals surface area contributed by atoms with E-state index < -0.39 is 29.2 Å². The molecule has 0 fully saturated rings. The lowest BCUT2D eigenvalue weighted by atomic mass is 9.98. The van der Waals surface area contributed by atoms with Crippen molar-refractivity contribution in [2.24, 2.45) is 0 Å². The van der Waals surface area contributed by atoms with E-state index in [1.54, 1.807) is 24.3 Å². The molecule has 0 unspecified atom stereocenters. The van der Waals surface area contributed by atoms with Gasteiger partial charge in [0.1, 0.15) is 5.56 Å². The second-order valence-corrected chi connectivity index (χ2v) is 5.73. The number of methoxy groups -OCH3 is 2. The summed E-state index contributed by atoms with van der Waals surface area (Å²) >= 11 is 0. The van der Waals surface area contributed by atoms with Crippen LogP contribution in [0.4, 0.5) is 0 Å². The van der Waals surface area contributed by atoms with Crippen LogP contribution in [0.3, 0.4) is 0 Å². The molecule has 0 radical (unpaired) electrons. The van der Waals surface area contributed by atoms with Crippen molar-refractivity contribution in [3.63, 3.8) is 0 Å². The Morgan fingerprint density at radius 2 is 1.56 bits per heavy atom. The van der Waals surface area contributed by atoms with Gasteiger partial charge in [-0.2, -0.15) is 0 Å². The molecule has 0 aliphatic rings. The molecule has 0 aliphatic heterocycles. The van der Waals surface area contributed by atoms with Crippen LogP contribution in [0.25, 0.3) is 0 Å². The van der Waals surface area contributed by atoms with E-state index in [0.717, 1.165) is 12.7 Å². The van der Waals surface area contributed by atoms with E-state index in [9.17, 15) is 24.6 Å². The minimum absolute atomic E-state index is 0.107. The Bertz CT molecular complexity index is 888. The first-order valence-corrected chi connectivity index (χ1v) is 8.01. The zero-order valence-corrected chi connectivity index (χ0v) is 15.1. The fourth-order valence-electron chi connectivity index (χ4n) is 2.65. The van der Waals surface area contributed by atoms with Crippen LogP contribution in [-0.2, 0) is 22.3 Å². The van der Waals surface area contributed by atoms with Crippen LogP contribution in [0, 0.1) is 6.92 Å². The van der Waals surface area contributed by atoms with Crippen molar-refractivity contribution in [3.05, 3.63) is 57.9 Å². The summed E-state index contributed by atoms with van der Waals surface area (Å²) < 4.78 is 9.30. The van der Waals surface area contributed by atoms with E-state index >= 15 is 0 Å². The third-order valence-electron chi connectivity index (χ3n) is 4.05. The number of esters is 2. The van der Waals surface area contributed by atoms with E-state index in [1.807, 2.05) is 0 Å². The fourth-order valence-corrected chi connectivity index (χ4v) is 2.65. The molecule has 1 aromatic heterocycles. The van der Waals surface area contributed by atoms with Crippen LogP contribution < -0.4 is 0 Å². The van der Waals surface area contributed by atoms with Gasteiger partial charge in [-0.3, -0.25) is 4.98 Å². The summed E-state index contributed by atoms with van der Waals surface area (Å²) in [5.74, 6) is -3.33. The first kappa shape index (κ1) is 19.9. The quantitative estimate of drug-likeness (QED) is 0.739. The highest BCUT2D eigenvalue weighted by molar-refractivity contribution is 6.05. The average Bonchev–Trinajstić information content (AvgIpc) is 2.67. The number of hydrogen-bond acceptors (Lipinski definition) is 7. The lowest BCUT2D eigenvalue weighted by Gasteiger charge is -2.13. The Kier molecular flexibility index (Phi) is 6.12. The molecule has 0 amide bonds. The largest absolute Gasteiger partial charge is 0.505 e. The second kappa shape index (κ2) is 8.31. The Balaban J connectivity index is 2.36. The van der Waals surface area contributed by atoms with E-state index in [0.29, 0.717) is 12.0 Å². The fraction of sp³-hybridized carbons (Fsp3) is 0.263. The number of ether oxygens (including phenoxy) is 2. The number of carboxylic acids is 1. The summed E-state index contributed by atoms with van der Waals surface area (Å²) in [5.41, 5.74) is 0.790. The standard InChI is InChI=1S/C19H19NO7/c1-10-16(21)15(17(22)23)14(19(25)27-3)13(20-10)9-6-11-4-7-12(8-5-11)18(24)26-2/h4-5,7-8,21H,6,9H2,1-3H3,(H,22,23). The average molecular weight is 373 g/mol. The number of rotatable bonds is 6.